The number of likely N-dealkylation sites (N-methyl/N-ethyl adjacent to an activating group) is 1. The number of rotatable bonds is 15. The lowest BCUT2D eigenvalue weighted by Crippen LogP contribution is -2.35. The molecule has 3 N–H and O–H groups in total. The van der Waals surface area contributed by atoms with Crippen LogP contribution in [0.25, 0.3) is 0 Å². The van der Waals surface area contributed by atoms with Crippen LogP contribution in [0.5, 0.6) is 17.2 Å². The molecule has 3 unspecified atom stereocenters. The summed E-state index contributed by atoms with van der Waals surface area (Å²) in [5.74, 6) is -0.367. The highest BCUT2D eigenvalue weighted by atomic mass is 32.2. The number of aliphatic carboxylic acids is 1. The van der Waals surface area contributed by atoms with Crippen molar-refractivity contribution in [2.75, 3.05) is 32.4 Å². The molecule has 2 heterocycles. The minimum atomic E-state index is -0.979. The number of hydrogen-bond acceptors (Lipinski definition) is 11. The molecule has 0 fully saturated rings. The number of benzene rings is 2. The Balaban J connectivity index is 0.00000756. The Kier molecular flexibility index (Phi) is 17.2. The molecule has 0 radical (unpaired) electrons. The zero-order valence-corrected chi connectivity index (χ0v) is 31.1. The molecule has 2 aliphatic rings. The van der Waals surface area contributed by atoms with Gasteiger partial charge in [0, 0.05) is 62.2 Å². The van der Waals surface area contributed by atoms with Crippen LogP contribution in [0.1, 0.15) is 99.2 Å². The van der Waals surface area contributed by atoms with Gasteiger partial charge in [0.25, 0.3) is 5.91 Å². The molecule has 4 rings (SSSR count). The molecule has 2 aliphatic heterocycles. The van der Waals surface area contributed by atoms with Crippen LogP contribution < -0.4 is 24.8 Å². The van der Waals surface area contributed by atoms with Crippen molar-refractivity contribution in [1.82, 2.24) is 15.5 Å². The summed E-state index contributed by atoms with van der Waals surface area (Å²) >= 11 is 1.01. The Labute approximate surface area is 316 Å². The Morgan fingerprint density at radius 3 is 2.47 bits per heavy atom. The SMILES string of the molecule is C.CCCCSC(=O)Oc1ccc(COC(=O)Oc2ccc(C)c3c2OC2C/C=C\CC(C)N(C)CC32)cc1C(=O)NCCNC(=O)CCCC(=O)O. The van der Waals surface area contributed by atoms with Crippen LogP contribution in [-0.4, -0.2) is 83.8 Å². The zero-order chi connectivity index (χ0) is 37.6. The molecule has 13 nitrogen and oxygen atoms in total. The van der Waals surface area contributed by atoms with Gasteiger partial charge in [-0.15, -0.1) is 0 Å². The first-order chi connectivity index (χ1) is 25.0. The highest BCUT2D eigenvalue weighted by molar-refractivity contribution is 8.13. The first-order valence-corrected chi connectivity index (χ1v) is 18.7. The number of hydrogen-bond donors (Lipinski definition) is 3. The maximum Gasteiger partial charge on any atom is 0.514 e. The molecule has 290 valence electrons. The van der Waals surface area contributed by atoms with Crippen LogP contribution >= 0.6 is 11.8 Å². The average molecular weight is 756 g/mol. The Bertz CT molecular complexity index is 1630. The van der Waals surface area contributed by atoms with Gasteiger partial charge in [-0.1, -0.05) is 45.1 Å². The van der Waals surface area contributed by atoms with Crippen LogP contribution in [0.2, 0.25) is 0 Å². The summed E-state index contributed by atoms with van der Waals surface area (Å²) in [5.41, 5.74) is 2.56. The van der Waals surface area contributed by atoms with Gasteiger partial charge in [-0.25, -0.2) is 9.59 Å². The van der Waals surface area contributed by atoms with E-state index in [0.717, 1.165) is 55.1 Å². The van der Waals surface area contributed by atoms with E-state index >= 15 is 0 Å². The molecule has 53 heavy (non-hydrogen) atoms. The van der Waals surface area contributed by atoms with Gasteiger partial charge in [0.1, 0.15) is 18.5 Å². The number of nitrogens with one attached hydrogen (secondary N) is 2. The number of ether oxygens (including phenoxy) is 4. The maximum atomic E-state index is 13.2. The second-order valence-corrected chi connectivity index (χ2v) is 14.0. The zero-order valence-electron chi connectivity index (χ0n) is 30.2. The van der Waals surface area contributed by atoms with Crippen LogP contribution in [-0.2, 0) is 20.9 Å². The minimum absolute atomic E-state index is 0. The smallest absolute Gasteiger partial charge is 0.485 e. The third-order valence-electron chi connectivity index (χ3n) is 8.99. The number of carbonyl (C=O) groups excluding carboxylic acids is 4. The van der Waals surface area contributed by atoms with E-state index in [1.54, 1.807) is 12.1 Å². The fourth-order valence-corrected chi connectivity index (χ4v) is 6.70. The quantitative estimate of drug-likeness (QED) is 0.0738. The highest BCUT2D eigenvalue weighted by Gasteiger charge is 2.39. The van der Waals surface area contributed by atoms with Gasteiger partial charge in [-0.3, -0.25) is 14.4 Å². The van der Waals surface area contributed by atoms with Crippen molar-refractivity contribution in [2.45, 2.75) is 97.8 Å². The topological polar surface area (TPSA) is 170 Å². The summed E-state index contributed by atoms with van der Waals surface area (Å²) < 4.78 is 23.0. The lowest BCUT2D eigenvalue weighted by molar-refractivity contribution is -0.137. The normalized spacial score (nSPS) is 18.3. The van der Waals surface area contributed by atoms with Crippen molar-refractivity contribution < 1.29 is 48.0 Å². The van der Waals surface area contributed by atoms with E-state index in [1.807, 2.05) is 19.9 Å². The average Bonchev–Trinajstić information content (AvgIpc) is 3.49. The maximum absolute atomic E-state index is 13.2. The molecule has 0 saturated carbocycles. The molecule has 2 aromatic rings. The van der Waals surface area contributed by atoms with Crippen molar-refractivity contribution in [3.63, 3.8) is 0 Å². The molecule has 2 aromatic carbocycles. The summed E-state index contributed by atoms with van der Waals surface area (Å²) in [6.07, 6.45) is 6.88. The van der Waals surface area contributed by atoms with Crippen molar-refractivity contribution in [2.24, 2.45) is 0 Å². The summed E-state index contributed by atoms with van der Waals surface area (Å²) in [4.78, 5) is 63.7. The fourth-order valence-electron chi connectivity index (χ4n) is 5.95. The van der Waals surface area contributed by atoms with Gasteiger partial charge in [-0.05, 0) is 81.2 Å². The highest BCUT2D eigenvalue weighted by Crippen LogP contribution is 2.48. The summed E-state index contributed by atoms with van der Waals surface area (Å²) in [5, 5.41) is 13.5. The first-order valence-electron chi connectivity index (χ1n) is 17.7. The number of carboxylic acid groups (broad SMARTS) is 1. The number of carboxylic acids is 1. The van der Waals surface area contributed by atoms with Gasteiger partial charge in [-0.2, -0.15) is 0 Å². The van der Waals surface area contributed by atoms with Crippen molar-refractivity contribution in [1.29, 1.82) is 0 Å². The number of fused-ring (bicyclic) bond motifs is 3. The first kappa shape index (κ1) is 42.8. The third-order valence-corrected chi connectivity index (χ3v) is 9.80. The molecule has 0 aromatic heterocycles. The molecule has 14 heteroatoms. The standard InChI is InChI=1S/C38H49N3O10S.CH4/c1-5-6-20-52-38(47)51-30-17-15-26(21-27(30)36(45)40-19-18-39-32(42)12-9-13-33(43)44)23-48-37(46)50-31-16-14-24(2)34-28-22-41(4)25(3)10-7-8-11-29(28)49-35(31)34;/h7-8,14-17,21,25,28-29H,5-6,9-13,18-20,22-23H2,1-4H3,(H,39,42)(H,40,45)(H,43,44);1H4/b8-7-;. The van der Waals surface area contributed by atoms with Crippen LogP contribution in [0.3, 0.4) is 0 Å². The predicted molar refractivity (Wildman–Crippen MR) is 203 cm³/mol. The van der Waals surface area contributed by atoms with E-state index in [9.17, 15) is 24.0 Å². The Morgan fingerprint density at radius 1 is 0.981 bits per heavy atom. The van der Waals surface area contributed by atoms with E-state index < -0.39 is 23.3 Å². The fraction of sp³-hybridized carbons (Fsp3) is 0.513. The lowest BCUT2D eigenvalue weighted by Gasteiger charge is -2.28. The monoisotopic (exact) mass is 755 g/mol. The summed E-state index contributed by atoms with van der Waals surface area (Å²) in [6.45, 7) is 6.97. The second kappa shape index (κ2) is 21.2. The molecule has 3 atom stereocenters. The number of thioether (sulfide) groups is 1. The predicted octanol–water partition coefficient (Wildman–Crippen LogP) is 6.99. The van der Waals surface area contributed by atoms with Gasteiger partial charge < -0.3 is 39.6 Å². The van der Waals surface area contributed by atoms with Crippen LogP contribution in [0.4, 0.5) is 9.59 Å². The molecular weight excluding hydrogens is 703 g/mol. The van der Waals surface area contributed by atoms with E-state index in [4.69, 9.17) is 24.1 Å². The van der Waals surface area contributed by atoms with E-state index in [0.29, 0.717) is 23.1 Å². The van der Waals surface area contributed by atoms with Crippen LogP contribution in [0.15, 0.2) is 42.5 Å². The largest absolute Gasteiger partial charge is 0.514 e. The van der Waals surface area contributed by atoms with Crippen LogP contribution in [0, 0.1) is 6.92 Å². The summed E-state index contributed by atoms with van der Waals surface area (Å²) in [7, 11) is 2.11. The van der Waals surface area contributed by atoms with Crippen molar-refractivity contribution in [3.8, 4) is 17.2 Å². The van der Waals surface area contributed by atoms with E-state index in [1.165, 1.54) is 12.1 Å². The van der Waals surface area contributed by atoms with Gasteiger partial charge in [0.2, 0.25) is 5.91 Å². The number of nitrogens with zero attached hydrogens (tertiary/aromatic N) is 1. The molecule has 0 aliphatic carbocycles. The lowest BCUT2D eigenvalue weighted by atomic mass is 9.90. The van der Waals surface area contributed by atoms with Crippen molar-refractivity contribution in [3.05, 3.63) is 64.7 Å². The van der Waals surface area contributed by atoms with E-state index in [2.05, 4.69) is 41.7 Å². The summed E-state index contributed by atoms with van der Waals surface area (Å²) in [6, 6.07) is 8.49. The number of unbranched alkanes of at least 4 members (excludes halogenated alkanes) is 1. The molecule has 0 bridgehead atoms. The second-order valence-electron chi connectivity index (χ2n) is 13.0. The van der Waals surface area contributed by atoms with E-state index in [-0.39, 0.29) is 81.4 Å². The third kappa shape index (κ3) is 12.8. The Hall–Kier alpha value is -4.56. The molecule has 2 amide bonds. The van der Waals surface area contributed by atoms with Crippen molar-refractivity contribution >= 4 is 41.0 Å². The minimum Gasteiger partial charge on any atom is -0.485 e. The number of carbonyl (C=O) groups is 5. The Morgan fingerprint density at radius 2 is 1.72 bits per heavy atom. The number of amides is 2. The molecule has 0 spiro atoms. The van der Waals surface area contributed by atoms with Gasteiger partial charge in [0.15, 0.2) is 11.5 Å². The van der Waals surface area contributed by atoms with Gasteiger partial charge in [0.05, 0.1) is 5.56 Å². The molecular formula is C39H53N3O10S. The number of aryl methyl sites for hydroxylation is 1. The molecule has 0 saturated heterocycles. The van der Waals surface area contributed by atoms with Gasteiger partial charge >= 0.3 is 17.4 Å².